The monoisotopic (exact) mass is 480 g/mol. The Bertz CT molecular complexity index is 967. The van der Waals surface area contributed by atoms with Crippen molar-refractivity contribution in [1.29, 1.82) is 0 Å². The molecule has 0 bridgehead atoms. The van der Waals surface area contributed by atoms with Crippen molar-refractivity contribution in [2.24, 2.45) is 0 Å². The number of esters is 1. The van der Waals surface area contributed by atoms with Crippen LogP contribution in [0.1, 0.15) is 49.9 Å². The van der Waals surface area contributed by atoms with Crippen molar-refractivity contribution in [3.8, 4) is 5.75 Å². The summed E-state index contributed by atoms with van der Waals surface area (Å²) >= 11 is 0. The van der Waals surface area contributed by atoms with Gasteiger partial charge in [-0.2, -0.15) is 0 Å². The average molecular weight is 481 g/mol. The van der Waals surface area contributed by atoms with Gasteiger partial charge in [-0.3, -0.25) is 9.59 Å². The van der Waals surface area contributed by atoms with Crippen LogP contribution in [0.3, 0.4) is 0 Å². The Morgan fingerprint density at radius 3 is 2.24 bits per heavy atom. The zero-order valence-corrected chi connectivity index (χ0v) is 20.2. The highest BCUT2D eigenvalue weighted by molar-refractivity contribution is 7.91. The van der Waals surface area contributed by atoms with E-state index in [0.29, 0.717) is 12.2 Å². The third-order valence-electron chi connectivity index (χ3n) is 6.41. The molecule has 0 spiro atoms. The molecule has 2 fully saturated rings. The van der Waals surface area contributed by atoms with E-state index in [1.807, 2.05) is 18.7 Å². The van der Waals surface area contributed by atoms with Crippen LogP contribution in [0.4, 0.5) is 0 Å². The first-order valence-corrected chi connectivity index (χ1v) is 13.1. The third kappa shape index (κ3) is 6.46. The number of nitrogens with zero attached hydrogens (tertiary/aromatic N) is 2. The van der Waals surface area contributed by atoms with Crippen LogP contribution in [0.5, 0.6) is 5.75 Å². The van der Waals surface area contributed by atoms with E-state index in [4.69, 9.17) is 9.47 Å². The zero-order valence-electron chi connectivity index (χ0n) is 19.4. The van der Waals surface area contributed by atoms with Gasteiger partial charge in [-0.05, 0) is 63.8 Å². The highest BCUT2D eigenvalue weighted by Crippen LogP contribution is 2.23. The molecule has 2 saturated heterocycles. The molecule has 2 amide bonds. The van der Waals surface area contributed by atoms with Gasteiger partial charge in [0, 0.05) is 25.2 Å². The second-order valence-corrected chi connectivity index (χ2v) is 11.1. The summed E-state index contributed by atoms with van der Waals surface area (Å²) in [6.07, 6.45) is 3.49. The van der Waals surface area contributed by atoms with Crippen LogP contribution in [0.25, 0.3) is 0 Å². The highest BCUT2D eigenvalue weighted by atomic mass is 32.2. The largest absolute Gasteiger partial charge is 0.484 e. The van der Waals surface area contributed by atoms with Crippen molar-refractivity contribution >= 4 is 27.6 Å². The van der Waals surface area contributed by atoms with Crippen LogP contribution in [0.2, 0.25) is 0 Å². The molecular formula is C23H32N2O7S. The van der Waals surface area contributed by atoms with Crippen LogP contribution in [0, 0.1) is 0 Å². The number of hydrogen-bond acceptors (Lipinski definition) is 7. The Kier molecular flexibility index (Phi) is 7.99. The quantitative estimate of drug-likeness (QED) is 0.546. The lowest BCUT2D eigenvalue weighted by Gasteiger charge is -2.38. The van der Waals surface area contributed by atoms with E-state index in [1.165, 1.54) is 24.1 Å². The predicted molar refractivity (Wildman–Crippen MR) is 122 cm³/mol. The molecule has 182 valence electrons. The summed E-state index contributed by atoms with van der Waals surface area (Å²) in [5, 5.41) is 0. The van der Waals surface area contributed by atoms with Gasteiger partial charge in [-0.1, -0.05) is 0 Å². The van der Waals surface area contributed by atoms with E-state index < -0.39 is 34.4 Å². The van der Waals surface area contributed by atoms with Crippen molar-refractivity contribution in [3.05, 3.63) is 29.8 Å². The van der Waals surface area contributed by atoms with Crippen molar-refractivity contribution in [1.82, 2.24) is 9.80 Å². The summed E-state index contributed by atoms with van der Waals surface area (Å²) < 4.78 is 33.9. The first kappa shape index (κ1) is 25.0. The average Bonchev–Trinajstić information content (AvgIpc) is 3.15. The lowest BCUT2D eigenvalue weighted by Crippen LogP contribution is -2.49. The van der Waals surface area contributed by atoms with Gasteiger partial charge in [0.1, 0.15) is 5.75 Å². The maximum Gasteiger partial charge on any atom is 0.338 e. The standard InChI is InChI=1S/C23H32N2O7S/c1-16-5-4-6-17(2)25(16)22(27)14-31-20-9-7-18(8-10-20)23(28)32-13-21(26)24(3)19-11-12-33(29,30)15-19/h7-10,16-17,19H,4-6,11-15H2,1-3H3. The van der Waals surface area contributed by atoms with Gasteiger partial charge >= 0.3 is 5.97 Å². The van der Waals surface area contributed by atoms with Crippen LogP contribution >= 0.6 is 0 Å². The maximum atomic E-state index is 12.6. The van der Waals surface area contributed by atoms with Crippen molar-refractivity contribution in [3.63, 3.8) is 0 Å². The molecule has 2 heterocycles. The molecule has 1 aromatic carbocycles. The Labute approximate surface area is 194 Å². The first-order valence-electron chi connectivity index (χ1n) is 11.2. The highest BCUT2D eigenvalue weighted by Gasteiger charge is 2.33. The van der Waals surface area contributed by atoms with Crippen molar-refractivity contribution in [2.45, 2.75) is 57.7 Å². The topological polar surface area (TPSA) is 110 Å². The number of carbonyl (C=O) groups excluding carboxylic acids is 3. The van der Waals surface area contributed by atoms with E-state index in [0.717, 1.165) is 19.3 Å². The normalized spacial score (nSPS) is 24.2. The molecule has 33 heavy (non-hydrogen) atoms. The number of sulfone groups is 1. The molecule has 0 N–H and O–H groups in total. The Morgan fingerprint density at radius 1 is 1.03 bits per heavy atom. The fraction of sp³-hybridized carbons (Fsp3) is 0.609. The van der Waals surface area contributed by atoms with E-state index in [-0.39, 0.29) is 41.7 Å². The van der Waals surface area contributed by atoms with Gasteiger partial charge in [-0.15, -0.1) is 0 Å². The molecule has 3 rings (SSSR count). The summed E-state index contributed by atoms with van der Waals surface area (Å²) in [5.41, 5.74) is 0.242. The summed E-state index contributed by atoms with van der Waals surface area (Å²) in [6.45, 7) is 3.55. The van der Waals surface area contributed by atoms with Gasteiger partial charge in [0.15, 0.2) is 23.1 Å². The number of carbonyl (C=O) groups is 3. The molecule has 0 radical (unpaired) electrons. The van der Waals surface area contributed by atoms with E-state index >= 15 is 0 Å². The maximum absolute atomic E-state index is 12.6. The second kappa shape index (κ2) is 10.5. The number of likely N-dealkylation sites (N-methyl/N-ethyl adjacent to an activating group) is 1. The van der Waals surface area contributed by atoms with Crippen molar-refractivity contribution < 1.29 is 32.3 Å². The number of ether oxygens (including phenoxy) is 2. The first-order chi connectivity index (χ1) is 15.6. The minimum absolute atomic E-state index is 0.0594. The van der Waals surface area contributed by atoms with Gasteiger partial charge in [0.25, 0.3) is 11.8 Å². The fourth-order valence-electron chi connectivity index (χ4n) is 4.42. The molecule has 2 aliphatic heterocycles. The van der Waals surface area contributed by atoms with Gasteiger partial charge in [0.05, 0.1) is 17.1 Å². The van der Waals surface area contributed by atoms with Gasteiger partial charge in [0.2, 0.25) is 0 Å². The molecule has 10 heteroatoms. The summed E-state index contributed by atoms with van der Waals surface area (Å²) in [6, 6.07) is 6.16. The minimum Gasteiger partial charge on any atom is -0.484 e. The Hall–Kier alpha value is -2.62. The summed E-state index contributed by atoms with van der Waals surface area (Å²) in [4.78, 5) is 40.3. The molecule has 3 unspecified atom stereocenters. The number of likely N-dealkylation sites (tertiary alicyclic amines) is 1. The second-order valence-electron chi connectivity index (χ2n) is 8.88. The van der Waals surface area contributed by atoms with Crippen molar-refractivity contribution in [2.75, 3.05) is 31.8 Å². The Morgan fingerprint density at radius 2 is 1.67 bits per heavy atom. The minimum atomic E-state index is -3.11. The van der Waals surface area contributed by atoms with Gasteiger partial charge in [-0.25, -0.2) is 13.2 Å². The number of amides is 2. The summed E-state index contributed by atoms with van der Waals surface area (Å²) in [5.74, 6) is -0.737. The van der Waals surface area contributed by atoms with Crippen LogP contribution < -0.4 is 4.74 Å². The zero-order chi connectivity index (χ0) is 24.2. The summed E-state index contributed by atoms with van der Waals surface area (Å²) in [7, 11) is -1.60. The predicted octanol–water partition coefficient (Wildman–Crippen LogP) is 1.66. The fourth-order valence-corrected chi connectivity index (χ4v) is 6.19. The van der Waals surface area contributed by atoms with E-state index in [1.54, 1.807) is 12.1 Å². The number of rotatable bonds is 7. The van der Waals surface area contributed by atoms with E-state index in [9.17, 15) is 22.8 Å². The number of hydrogen-bond donors (Lipinski definition) is 0. The lowest BCUT2D eigenvalue weighted by atomic mass is 9.97. The molecule has 1 aromatic rings. The molecular weight excluding hydrogens is 448 g/mol. The molecule has 0 aliphatic carbocycles. The van der Waals surface area contributed by atoms with Crippen LogP contribution in [0.15, 0.2) is 24.3 Å². The number of piperidine rings is 1. The molecule has 3 atom stereocenters. The third-order valence-corrected chi connectivity index (χ3v) is 8.16. The number of benzene rings is 1. The SMILES string of the molecule is CC1CCCC(C)N1C(=O)COc1ccc(C(=O)OCC(=O)N(C)C2CCS(=O)(=O)C2)cc1. The van der Waals surface area contributed by atoms with Gasteiger partial charge < -0.3 is 19.3 Å². The molecule has 9 nitrogen and oxygen atoms in total. The van der Waals surface area contributed by atoms with Crippen LogP contribution in [-0.2, 0) is 24.2 Å². The molecule has 0 saturated carbocycles. The lowest BCUT2D eigenvalue weighted by molar-refractivity contribution is -0.139. The van der Waals surface area contributed by atoms with E-state index in [2.05, 4.69) is 0 Å². The molecule has 2 aliphatic rings. The Balaban J connectivity index is 1.46. The smallest absolute Gasteiger partial charge is 0.338 e. The molecule has 0 aromatic heterocycles. The van der Waals surface area contributed by atoms with Crippen LogP contribution in [-0.4, -0.2) is 85.9 Å².